The van der Waals surface area contributed by atoms with Crippen LogP contribution in [0.5, 0.6) is 0 Å². The van der Waals surface area contributed by atoms with Gasteiger partial charge in [0, 0.05) is 5.92 Å². The summed E-state index contributed by atoms with van der Waals surface area (Å²) in [5.41, 5.74) is -0.469. The zero-order valence-corrected chi connectivity index (χ0v) is 9.72. The van der Waals surface area contributed by atoms with Gasteiger partial charge in [0.2, 0.25) is 0 Å². The van der Waals surface area contributed by atoms with Gasteiger partial charge in [0.1, 0.15) is 5.78 Å². The molecule has 3 heteroatoms. The molecule has 0 saturated carbocycles. The Bertz CT molecular complexity index is 221. The summed E-state index contributed by atoms with van der Waals surface area (Å²) >= 11 is 0. The molecule has 3 nitrogen and oxygen atoms in total. The van der Waals surface area contributed by atoms with E-state index in [-0.39, 0.29) is 11.7 Å². The van der Waals surface area contributed by atoms with Gasteiger partial charge in [-0.2, -0.15) is 0 Å². The smallest absolute Gasteiger partial charge is 0.162 e. The average Bonchev–Trinajstić information content (AvgIpc) is 2.09. The molecule has 0 atom stereocenters. The third-order valence-corrected chi connectivity index (χ3v) is 2.60. The molecule has 82 valence electrons. The lowest BCUT2D eigenvalue weighted by Crippen LogP contribution is -2.50. The first-order chi connectivity index (χ1) is 6.27. The molecule has 0 aromatic heterocycles. The summed E-state index contributed by atoms with van der Waals surface area (Å²) < 4.78 is 11.0. The van der Waals surface area contributed by atoms with E-state index in [1.54, 1.807) is 0 Å². The fourth-order valence-electron chi connectivity index (χ4n) is 1.59. The van der Waals surface area contributed by atoms with E-state index in [2.05, 4.69) is 0 Å². The maximum Gasteiger partial charge on any atom is 0.162 e. The molecular formula is C11H20O3. The Balaban J connectivity index is 2.66. The lowest BCUT2D eigenvalue weighted by Gasteiger charge is -2.41. The second-order valence-corrected chi connectivity index (χ2v) is 5.06. The number of ether oxygens (including phenoxy) is 2. The first-order valence-electron chi connectivity index (χ1n) is 5.09. The largest absolute Gasteiger partial charge is 0.349 e. The fraction of sp³-hybridized carbons (Fsp3) is 0.909. The standard InChI is InChI=1S/C11H20O3/c1-8(2)9(12)11(5)6-13-10(3,4)14-7-11/h8H,6-7H2,1-5H3. The highest BCUT2D eigenvalue weighted by Crippen LogP contribution is 2.31. The van der Waals surface area contributed by atoms with Crippen molar-refractivity contribution in [1.82, 2.24) is 0 Å². The van der Waals surface area contributed by atoms with Gasteiger partial charge in [-0.15, -0.1) is 0 Å². The Morgan fingerprint density at radius 1 is 1.14 bits per heavy atom. The molecule has 1 heterocycles. The Labute approximate surface area is 85.8 Å². The number of hydrogen-bond acceptors (Lipinski definition) is 3. The van der Waals surface area contributed by atoms with Crippen molar-refractivity contribution in [3.8, 4) is 0 Å². The fourth-order valence-corrected chi connectivity index (χ4v) is 1.59. The first-order valence-corrected chi connectivity index (χ1v) is 5.09. The molecule has 14 heavy (non-hydrogen) atoms. The maximum atomic E-state index is 11.9. The second-order valence-electron chi connectivity index (χ2n) is 5.06. The number of Topliss-reactive ketones (excluding diaryl/α,β-unsaturated/α-hetero) is 1. The molecule has 0 aliphatic carbocycles. The van der Waals surface area contributed by atoms with Gasteiger partial charge in [-0.05, 0) is 20.8 Å². The van der Waals surface area contributed by atoms with Gasteiger partial charge < -0.3 is 9.47 Å². The molecule has 0 spiro atoms. The Morgan fingerprint density at radius 3 is 1.93 bits per heavy atom. The predicted molar refractivity (Wildman–Crippen MR) is 53.9 cm³/mol. The molecule has 0 aromatic carbocycles. The first kappa shape index (κ1) is 11.7. The van der Waals surface area contributed by atoms with Crippen molar-refractivity contribution < 1.29 is 14.3 Å². The van der Waals surface area contributed by atoms with Crippen LogP contribution in [0.3, 0.4) is 0 Å². The minimum atomic E-state index is -0.545. The minimum absolute atomic E-state index is 0.0356. The molecule has 0 N–H and O–H groups in total. The summed E-state index contributed by atoms with van der Waals surface area (Å²) in [6, 6.07) is 0. The van der Waals surface area contributed by atoms with Crippen LogP contribution in [0.15, 0.2) is 0 Å². The zero-order chi connectivity index (χ0) is 11.0. The predicted octanol–water partition coefficient (Wildman–Crippen LogP) is 2.00. The molecule has 1 fully saturated rings. The van der Waals surface area contributed by atoms with Gasteiger partial charge in [0.15, 0.2) is 5.79 Å². The topological polar surface area (TPSA) is 35.5 Å². The van der Waals surface area contributed by atoms with Gasteiger partial charge in [-0.3, -0.25) is 4.79 Å². The zero-order valence-electron chi connectivity index (χ0n) is 9.72. The molecule has 0 bridgehead atoms. The van der Waals surface area contributed by atoms with E-state index in [9.17, 15) is 4.79 Å². The van der Waals surface area contributed by atoms with Gasteiger partial charge >= 0.3 is 0 Å². The number of hydrogen-bond donors (Lipinski definition) is 0. The molecule has 0 unspecified atom stereocenters. The van der Waals surface area contributed by atoms with Crippen LogP contribution in [0.25, 0.3) is 0 Å². The van der Waals surface area contributed by atoms with E-state index >= 15 is 0 Å². The molecule has 0 amide bonds. The normalized spacial score (nSPS) is 25.0. The maximum absolute atomic E-state index is 11.9. The monoisotopic (exact) mass is 200 g/mol. The second kappa shape index (κ2) is 3.63. The molecule has 0 radical (unpaired) electrons. The van der Waals surface area contributed by atoms with Crippen LogP contribution in [0.2, 0.25) is 0 Å². The van der Waals surface area contributed by atoms with E-state index in [0.717, 1.165) is 0 Å². The van der Waals surface area contributed by atoms with Crippen LogP contribution >= 0.6 is 0 Å². The van der Waals surface area contributed by atoms with E-state index in [4.69, 9.17) is 9.47 Å². The van der Waals surface area contributed by atoms with Crippen molar-refractivity contribution in [2.75, 3.05) is 13.2 Å². The summed E-state index contributed by atoms with van der Waals surface area (Å²) in [5, 5.41) is 0. The van der Waals surface area contributed by atoms with Crippen LogP contribution in [-0.2, 0) is 14.3 Å². The van der Waals surface area contributed by atoms with Gasteiger partial charge in [0.25, 0.3) is 0 Å². The SMILES string of the molecule is CC(C)C(=O)C1(C)COC(C)(C)OC1. The molecule has 0 aromatic rings. The van der Waals surface area contributed by atoms with Crippen LogP contribution in [0.1, 0.15) is 34.6 Å². The van der Waals surface area contributed by atoms with Crippen molar-refractivity contribution in [2.45, 2.75) is 40.4 Å². The number of rotatable bonds is 2. The molecule has 1 rings (SSSR count). The molecule has 1 aliphatic heterocycles. The van der Waals surface area contributed by atoms with E-state index < -0.39 is 11.2 Å². The summed E-state index contributed by atoms with van der Waals surface area (Å²) in [7, 11) is 0. The summed E-state index contributed by atoms with van der Waals surface area (Å²) in [6.45, 7) is 10.4. The van der Waals surface area contributed by atoms with Crippen LogP contribution in [0, 0.1) is 11.3 Å². The van der Waals surface area contributed by atoms with Gasteiger partial charge in [0.05, 0.1) is 18.6 Å². The van der Waals surface area contributed by atoms with Gasteiger partial charge in [-0.1, -0.05) is 13.8 Å². The van der Waals surface area contributed by atoms with Crippen LogP contribution in [0.4, 0.5) is 0 Å². The van der Waals surface area contributed by atoms with Crippen molar-refractivity contribution >= 4 is 5.78 Å². The average molecular weight is 200 g/mol. The Kier molecular flexibility index (Phi) is 3.02. The molecular weight excluding hydrogens is 180 g/mol. The van der Waals surface area contributed by atoms with Crippen molar-refractivity contribution in [2.24, 2.45) is 11.3 Å². The highest BCUT2D eigenvalue weighted by atomic mass is 16.7. The van der Waals surface area contributed by atoms with E-state index in [1.807, 2.05) is 34.6 Å². The molecule has 1 aliphatic rings. The van der Waals surface area contributed by atoms with Gasteiger partial charge in [-0.25, -0.2) is 0 Å². The minimum Gasteiger partial charge on any atom is -0.349 e. The van der Waals surface area contributed by atoms with Crippen LogP contribution < -0.4 is 0 Å². The van der Waals surface area contributed by atoms with Crippen molar-refractivity contribution in [1.29, 1.82) is 0 Å². The summed E-state index contributed by atoms with van der Waals surface area (Å²) in [6.07, 6.45) is 0. The lowest BCUT2D eigenvalue weighted by molar-refractivity contribution is -0.277. The summed E-state index contributed by atoms with van der Waals surface area (Å²) in [4.78, 5) is 11.9. The van der Waals surface area contributed by atoms with Crippen molar-refractivity contribution in [3.05, 3.63) is 0 Å². The Hall–Kier alpha value is -0.410. The van der Waals surface area contributed by atoms with E-state index in [1.165, 1.54) is 0 Å². The summed E-state index contributed by atoms with van der Waals surface area (Å²) in [5.74, 6) is -0.294. The highest BCUT2D eigenvalue weighted by Gasteiger charge is 2.42. The van der Waals surface area contributed by atoms with Crippen molar-refractivity contribution in [3.63, 3.8) is 0 Å². The number of carbonyl (C=O) groups excluding carboxylic acids is 1. The van der Waals surface area contributed by atoms with E-state index in [0.29, 0.717) is 13.2 Å². The quantitative estimate of drug-likeness (QED) is 0.684. The number of carbonyl (C=O) groups is 1. The Morgan fingerprint density at radius 2 is 1.57 bits per heavy atom. The highest BCUT2D eigenvalue weighted by molar-refractivity contribution is 5.86. The lowest BCUT2D eigenvalue weighted by atomic mass is 9.81. The molecule has 1 saturated heterocycles. The van der Waals surface area contributed by atoms with Crippen LogP contribution in [-0.4, -0.2) is 24.8 Å². The number of ketones is 1. The third-order valence-electron chi connectivity index (χ3n) is 2.60. The third kappa shape index (κ3) is 2.34.